The van der Waals surface area contributed by atoms with Crippen molar-refractivity contribution >= 4 is 11.6 Å². The zero-order chi connectivity index (χ0) is 14.1. The third kappa shape index (κ3) is 2.23. The van der Waals surface area contributed by atoms with E-state index in [9.17, 15) is 4.79 Å². The number of amides is 1. The van der Waals surface area contributed by atoms with Crippen molar-refractivity contribution in [2.24, 2.45) is 0 Å². The second-order valence-electron chi connectivity index (χ2n) is 5.22. The fourth-order valence-electron chi connectivity index (χ4n) is 2.59. The lowest BCUT2D eigenvalue weighted by molar-refractivity contribution is 0.0984. The van der Waals surface area contributed by atoms with Crippen molar-refractivity contribution in [3.8, 4) is 0 Å². The molecular formula is C16H18N2O2. The van der Waals surface area contributed by atoms with Crippen LogP contribution >= 0.6 is 0 Å². The number of nitrogens with one attached hydrogen (secondary N) is 1. The molecule has 0 spiro atoms. The largest absolute Gasteiger partial charge is 0.469 e. The first-order valence-electron chi connectivity index (χ1n) is 6.84. The smallest absolute Gasteiger partial charge is 0.261 e. The van der Waals surface area contributed by atoms with Gasteiger partial charge >= 0.3 is 0 Å². The van der Waals surface area contributed by atoms with E-state index in [-0.39, 0.29) is 11.9 Å². The van der Waals surface area contributed by atoms with E-state index in [4.69, 9.17) is 4.42 Å². The van der Waals surface area contributed by atoms with Crippen LogP contribution in [-0.4, -0.2) is 18.5 Å². The highest BCUT2D eigenvalue weighted by Crippen LogP contribution is 2.26. The number of hydrogen-bond acceptors (Lipinski definition) is 3. The normalized spacial score (nSPS) is 18.5. The number of nitrogens with zero attached hydrogens (tertiary/aromatic N) is 1. The van der Waals surface area contributed by atoms with Gasteiger partial charge in [-0.1, -0.05) is 18.2 Å². The molecule has 0 aliphatic carbocycles. The highest BCUT2D eigenvalue weighted by molar-refractivity contribution is 6.07. The van der Waals surface area contributed by atoms with E-state index in [1.54, 1.807) is 12.3 Å². The lowest BCUT2D eigenvalue weighted by atomic mass is 10.1. The topological polar surface area (TPSA) is 45.5 Å². The summed E-state index contributed by atoms with van der Waals surface area (Å²) in [5, 5.41) is 3.43. The van der Waals surface area contributed by atoms with Gasteiger partial charge < -0.3 is 14.6 Å². The number of rotatable bonds is 1. The number of para-hydroxylation sites is 1. The number of furan rings is 1. The maximum absolute atomic E-state index is 12.8. The van der Waals surface area contributed by atoms with Crippen LogP contribution in [0.25, 0.3) is 0 Å². The fourth-order valence-corrected chi connectivity index (χ4v) is 2.59. The Morgan fingerprint density at radius 3 is 2.90 bits per heavy atom. The lowest BCUT2D eigenvalue weighted by Gasteiger charge is -2.24. The predicted molar refractivity (Wildman–Crippen MR) is 77.9 cm³/mol. The summed E-state index contributed by atoms with van der Waals surface area (Å²) in [6.45, 7) is 5.35. The molecule has 1 aliphatic rings. The van der Waals surface area contributed by atoms with Crippen molar-refractivity contribution in [2.75, 3.05) is 11.4 Å². The zero-order valence-electron chi connectivity index (χ0n) is 11.7. The second-order valence-corrected chi connectivity index (χ2v) is 5.22. The molecule has 104 valence electrons. The molecule has 0 saturated carbocycles. The molecule has 0 saturated heterocycles. The quantitative estimate of drug-likeness (QED) is 0.866. The van der Waals surface area contributed by atoms with Gasteiger partial charge in [0.15, 0.2) is 0 Å². The summed E-state index contributed by atoms with van der Waals surface area (Å²) in [6.07, 6.45) is 1.56. The molecule has 1 unspecified atom stereocenters. The molecule has 1 atom stereocenters. The van der Waals surface area contributed by atoms with Crippen LogP contribution in [0.2, 0.25) is 0 Å². The van der Waals surface area contributed by atoms with Crippen molar-refractivity contribution in [1.29, 1.82) is 0 Å². The summed E-state index contributed by atoms with van der Waals surface area (Å²) in [4.78, 5) is 14.6. The molecule has 1 N–H and O–H groups in total. The molecule has 1 amide bonds. The minimum absolute atomic E-state index is 0.000694. The van der Waals surface area contributed by atoms with Crippen LogP contribution in [0.5, 0.6) is 0 Å². The molecule has 1 aromatic carbocycles. The third-order valence-electron chi connectivity index (χ3n) is 3.71. The molecule has 0 fully saturated rings. The van der Waals surface area contributed by atoms with Crippen LogP contribution in [0.1, 0.15) is 28.6 Å². The fraction of sp³-hybridized carbons (Fsp3) is 0.312. The zero-order valence-corrected chi connectivity index (χ0v) is 11.7. The van der Waals surface area contributed by atoms with Crippen LogP contribution < -0.4 is 10.2 Å². The first kappa shape index (κ1) is 12.9. The molecule has 4 heteroatoms. The number of aryl methyl sites for hydroxylation is 1. The van der Waals surface area contributed by atoms with E-state index in [1.807, 2.05) is 30.0 Å². The summed E-state index contributed by atoms with van der Waals surface area (Å²) in [7, 11) is 0. The molecule has 4 nitrogen and oxygen atoms in total. The Bertz CT molecular complexity index is 633. The van der Waals surface area contributed by atoms with E-state index in [0.717, 1.165) is 17.8 Å². The van der Waals surface area contributed by atoms with Gasteiger partial charge in [-0.25, -0.2) is 0 Å². The second kappa shape index (κ2) is 5.13. The summed E-state index contributed by atoms with van der Waals surface area (Å²) < 4.78 is 5.26. The molecule has 1 aliphatic heterocycles. The van der Waals surface area contributed by atoms with Gasteiger partial charge in [0, 0.05) is 24.8 Å². The minimum Gasteiger partial charge on any atom is -0.469 e. The van der Waals surface area contributed by atoms with Gasteiger partial charge in [-0.3, -0.25) is 4.79 Å². The molecule has 20 heavy (non-hydrogen) atoms. The van der Waals surface area contributed by atoms with Crippen molar-refractivity contribution in [3.63, 3.8) is 0 Å². The monoisotopic (exact) mass is 270 g/mol. The van der Waals surface area contributed by atoms with Crippen molar-refractivity contribution < 1.29 is 9.21 Å². The Morgan fingerprint density at radius 2 is 2.15 bits per heavy atom. The van der Waals surface area contributed by atoms with Crippen molar-refractivity contribution in [2.45, 2.75) is 26.4 Å². The Balaban J connectivity index is 2.03. The lowest BCUT2D eigenvalue weighted by Crippen LogP contribution is -2.39. The van der Waals surface area contributed by atoms with E-state index in [0.29, 0.717) is 17.9 Å². The molecule has 0 bridgehead atoms. The van der Waals surface area contributed by atoms with Crippen LogP contribution in [0.4, 0.5) is 5.69 Å². The molecule has 2 heterocycles. The van der Waals surface area contributed by atoms with Crippen molar-refractivity contribution in [3.05, 3.63) is 53.5 Å². The standard InChI is InChI=1S/C16H18N2O2/c1-11-10-18(16(19)14-7-8-20-12(14)2)15-6-4-3-5-13(15)9-17-11/h3-8,11,17H,9-10H2,1-2H3. The molecule has 0 radical (unpaired) electrons. The first-order valence-corrected chi connectivity index (χ1v) is 6.84. The Morgan fingerprint density at radius 1 is 1.35 bits per heavy atom. The van der Waals surface area contributed by atoms with Gasteiger partial charge in [-0.15, -0.1) is 0 Å². The minimum atomic E-state index is -0.000694. The van der Waals surface area contributed by atoms with Gasteiger partial charge in [0.1, 0.15) is 5.76 Å². The van der Waals surface area contributed by atoms with E-state index in [1.165, 1.54) is 0 Å². The highest BCUT2D eigenvalue weighted by Gasteiger charge is 2.26. The van der Waals surface area contributed by atoms with Gasteiger partial charge in [0.2, 0.25) is 0 Å². The third-order valence-corrected chi connectivity index (χ3v) is 3.71. The Labute approximate surface area is 118 Å². The number of anilines is 1. The van der Waals surface area contributed by atoms with Gasteiger partial charge in [-0.2, -0.15) is 0 Å². The SMILES string of the molecule is Cc1occc1C(=O)N1CC(C)NCc2ccccc21. The Hall–Kier alpha value is -2.07. The number of carbonyl (C=O) groups excluding carboxylic acids is 1. The van der Waals surface area contributed by atoms with Crippen molar-refractivity contribution in [1.82, 2.24) is 5.32 Å². The maximum Gasteiger partial charge on any atom is 0.261 e. The highest BCUT2D eigenvalue weighted by atomic mass is 16.3. The van der Waals surface area contributed by atoms with E-state index >= 15 is 0 Å². The summed E-state index contributed by atoms with van der Waals surface area (Å²) in [5.41, 5.74) is 2.76. The Kier molecular flexibility index (Phi) is 3.32. The number of fused-ring (bicyclic) bond motifs is 1. The average molecular weight is 270 g/mol. The number of hydrogen-bond donors (Lipinski definition) is 1. The molecule has 3 rings (SSSR count). The summed E-state index contributed by atoms with van der Waals surface area (Å²) in [5.74, 6) is 0.664. The van der Waals surface area contributed by atoms with Gasteiger partial charge in [0.25, 0.3) is 5.91 Å². The van der Waals surface area contributed by atoms with Crippen LogP contribution in [0, 0.1) is 6.92 Å². The molecular weight excluding hydrogens is 252 g/mol. The predicted octanol–water partition coefficient (Wildman–Crippen LogP) is 2.73. The van der Waals surface area contributed by atoms with E-state index in [2.05, 4.69) is 18.3 Å². The maximum atomic E-state index is 12.8. The number of benzene rings is 1. The molecule has 2 aromatic rings. The summed E-state index contributed by atoms with van der Waals surface area (Å²) in [6, 6.07) is 10.0. The van der Waals surface area contributed by atoms with Gasteiger partial charge in [-0.05, 0) is 31.5 Å². The average Bonchev–Trinajstić information content (AvgIpc) is 2.80. The first-order chi connectivity index (χ1) is 9.66. The summed E-state index contributed by atoms with van der Waals surface area (Å²) >= 11 is 0. The van der Waals surface area contributed by atoms with E-state index < -0.39 is 0 Å². The van der Waals surface area contributed by atoms with Crippen LogP contribution in [0.3, 0.4) is 0 Å². The van der Waals surface area contributed by atoms with Gasteiger partial charge in [0.05, 0.1) is 11.8 Å². The van der Waals surface area contributed by atoms with Crippen LogP contribution in [-0.2, 0) is 6.54 Å². The van der Waals surface area contributed by atoms with Crippen LogP contribution in [0.15, 0.2) is 41.0 Å². The number of carbonyl (C=O) groups is 1. The molecule has 1 aromatic heterocycles.